The van der Waals surface area contributed by atoms with E-state index in [1.807, 2.05) is 19.2 Å². The third-order valence-corrected chi connectivity index (χ3v) is 6.42. The van der Waals surface area contributed by atoms with E-state index >= 15 is 0 Å². The highest BCUT2D eigenvalue weighted by molar-refractivity contribution is 9.11. The number of likely N-dealkylation sites (N-methyl/N-ethyl adjacent to an activating group) is 1. The monoisotopic (exact) mass is 369 g/mol. The van der Waals surface area contributed by atoms with Crippen LogP contribution in [-0.4, -0.2) is 13.0 Å². The van der Waals surface area contributed by atoms with Gasteiger partial charge in [-0.25, -0.2) is 0 Å². The smallest absolute Gasteiger partial charge is 0.231 e. The van der Waals surface area contributed by atoms with Crippen LogP contribution in [0.15, 0.2) is 28.1 Å². The van der Waals surface area contributed by atoms with Gasteiger partial charge in [-0.05, 0) is 51.7 Å². The Hall–Kier alpha value is -0.840. The summed E-state index contributed by atoms with van der Waals surface area (Å²) in [7, 11) is 1.81. The molecule has 0 spiro atoms. The fourth-order valence-electron chi connectivity index (χ4n) is 2.42. The van der Waals surface area contributed by atoms with E-state index in [9.17, 15) is 4.79 Å². The first kappa shape index (κ1) is 14.1. The molecule has 3 rings (SSSR count). The van der Waals surface area contributed by atoms with Crippen LogP contribution in [0.25, 0.3) is 0 Å². The van der Waals surface area contributed by atoms with E-state index in [0.717, 1.165) is 25.5 Å². The summed E-state index contributed by atoms with van der Waals surface area (Å²) < 4.78 is 1.12. The van der Waals surface area contributed by atoms with Gasteiger partial charge in [0, 0.05) is 17.6 Å². The SMILES string of the molecule is Cc1cc(C(Cl)c2ccc3c(c2)CC(=O)N3C)sc1Br. The average molecular weight is 371 g/mol. The lowest BCUT2D eigenvalue weighted by atomic mass is 10.0. The van der Waals surface area contributed by atoms with Crippen LogP contribution in [0, 0.1) is 6.92 Å². The number of hydrogen-bond acceptors (Lipinski definition) is 2. The summed E-state index contributed by atoms with van der Waals surface area (Å²) in [6.07, 6.45) is 0.469. The van der Waals surface area contributed by atoms with E-state index < -0.39 is 0 Å². The first-order chi connectivity index (χ1) is 9.47. The lowest BCUT2D eigenvalue weighted by Gasteiger charge is -2.12. The van der Waals surface area contributed by atoms with Crippen LogP contribution >= 0.6 is 38.9 Å². The van der Waals surface area contributed by atoms with E-state index in [1.165, 1.54) is 5.56 Å². The Morgan fingerprint density at radius 3 is 2.80 bits per heavy atom. The van der Waals surface area contributed by atoms with Crippen LogP contribution in [0.1, 0.15) is 26.9 Å². The maximum atomic E-state index is 11.7. The summed E-state index contributed by atoms with van der Waals surface area (Å²) in [5, 5.41) is -0.170. The highest BCUT2D eigenvalue weighted by Gasteiger charge is 2.25. The maximum absolute atomic E-state index is 11.7. The van der Waals surface area contributed by atoms with E-state index in [0.29, 0.717) is 6.42 Å². The third-order valence-electron chi connectivity index (χ3n) is 3.60. The standard InChI is InChI=1S/C15H13BrClNOS/c1-8-5-12(20-15(8)16)14(17)9-3-4-11-10(6-9)7-13(19)18(11)2/h3-6,14H,7H2,1-2H3. The molecule has 2 aromatic rings. The van der Waals surface area contributed by atoms with Gasteiger partial charge in [0.25, 0.3) is 0 Å². The van der Waals surface area contributed by atoms with Crippen molar-refractivity contribution in [2.24, 2.45) is 0 Å². The van der Waals surface area contributed by atoms with Gasteiger partial charge in [-0.15, -0.1) is 22.9 Å². The van der Waals surface area contributed by atoms with Crippen LogP contribution in [0.3, 0.4) is 0 Å². The number of anilines is 1. The number of carbonyl (C=O) groups is 1. The summed E-state index contributed by atoms with van der Waals surface area (Å²) in [5.74, 6) is 0.137. The largest absolute Gasteiger partial charge is 0.315 e. The Bertz CT molecular complexity index is 678. The number of aryl methyl sites for hydroxylation is 1. The molecule has 1 aromatic carbocycles. The molecule has 0 N–H and O–H groups in total. The molecule has 0 bridgehead atoms. The topological polar surface area (TPSA) is 20.3 Å². The quantitative estimate of drug-likeness (QED) is 0.704. The lowest BCUT2D eigenvalue weighted by Crippen LogP contribution is -2.20. The van der Waals surface area contributed by atoms with Crippen molar-refractivity contribution in [3.8, 4) is 0 Å². The molecular formula is C15H13BrClNOS. The summed E-state index contributed by atoms with van der Waals surface area (Å²) in [6, 6.07) is 8.16. The highest BCUT2D eigenvalue weighted by Crippen LogP contribution is 2.39. The minimum absolute atomic E-state index is 0.137. The van der Waals surface area contributed by atoms with Crippen molar-refractivity contribution in [3.63, 3.8) is 0 Å². The van der Waals surface area contributed by atoms with Crippen molar-refractivity contribution in [2.75, 3.05) is 11.9 Å². The van der Waals surface area contributed by atoms with Gasteiger partial charge in [-0.3, -0.25) is 4.79 Å². The van der Waals surface area contributed by atoms with Crippen molar-refractivity contribution in [2.45, 2.75) is 18.7 Å². The van der Waals surface area contributed by atoms with Gasteiger partial charge < -0.3 is 4.90 Å². The Morgan fingerprint density at radius 2 is 2.15 bits per heavy atom. The zero-order valence-electron chi connectivity index (χ0n) is 11.1. The van der Waals surface area contributed by atoms with Crippen LogP contribution < -0.4 is 4.90 Å². The minimum Gasteiger partial charge on any atom is -0.315 e. The molecule has 2 heterocycles. The zero-order valence-corrected chi connectivity index (χ0v) is 14.3. The maximum Gasteiger partial charge on any atom is 0.231 e. The highest BCUT2D eigenvalue weighted by atomic mass is 79.9. The van der Waals surface area contributed by atoms with Crippen LogP contribution in [0.5, 0.6) is 0 Å². The predicted octanol–water partition coefficient (Wildman–Crippen LogP) is 4.67. The number of halogens is 2. The van der Waals surface area contributed by atoms with Gasteiger partial charge in [0.05, 0.1) is 15.6 Å². The Kier molecular flexibility index (Phi) is 3.65. The molecule has 20 heavy (non-hydrogen) atoms. The fraction of sp³-hybridized carbons (Fsp3) is 0.267. The molecule has 0 fully saturated rings. The number of benzene rings is 1. The van der Waals surface area contributed by atoms with Crippen molar-refractivity contribution >= 4 is 50.5 Å². The second kappa shape index (κ2) is 5.17. The van der Waals surface area contributed by atoms with Crippen molar-refractivity contribution in [1.82, 2.24) is 0 Å². The normalized spacial score (nSPS) is 15.6. The summed E-state index contributed by atoms with van der Waals surface area (Å²) >= 11 is 11.8. The molecule has 1 atom stereocenters. The Balaban J connectivity index is 1.96. The lowest BCUT2D eigenvalue weighted by molar-refractivity contribution is -0.117. The molecule has 2 nitrogen and oxygen atoms in total. The first-order valence-corrected chi connectivity index (χ1v) is 8.31. The molecule has 1 unspecified atom stereocenters. The van der Waals surface area contributed by atoms with Gasteiger partial charge in [0.1, 0.15) is 0 Å². The number of thiophene rings is 1. The van der Waals surface area contributed by atoms with E-state index in [2.05, 4.69) is 35.0 Å². The van der Waals surface area contributed by atoms with Gasteiger partial charge in [0.15, 0.2) is 0 Å². The molecule has 104 valence electrons. The van der Waals surface area contributed by atoms with Crippen LogP contribution in [-0.2, 0) is 11.2 Å². The van der Waals surface area contributed by atoms with Crippen molar-refractivity contribution < 1.29 is 4.79 Å². The minimum atomic E-state index is -0.170. The molecule has 0 saturated heterocycles. The Labute approximate surface area is 135 Å². The van der Waals surface area contributed by atoms with E-state index in [4.69, 9.17) is 11.6 Å². The molecule has 1 aliphatic rings. The number of alkyl halides is 1. The molecule has 1 aliphatic heterocycles. The van der Waals surface area contributed by atoms with Crippen molar-refractivity contribution in [1.29, 1.82) is 0 Å². The summed E-state index contributed by atoms with van der Waals surface area (Å²) in [5.41, 5.74) is 4.30. The first-order valence-electron chi connectivity index (χ1n) is 6.26. The molecular weight excluding hydrogens is 358 g/mol. The van der Waals surface area contributed by atoms with Gasteiger partial charge in [-0.1, -0.05) is 12.1 Å². The van der Waals surface area contributed by atoms with Gasteiger partial charge >= 0.3 is 0 Å². The fourth-order valence-corrected chi connectivity index (χ4v) is 4.33. The molecule has 1 amide bonds. The number of carbonyl (C=O) groups excluding carboxylic acids is 1. The van der Waals surface area contributed by atoms with E-state index in [-0.39, 0.29) is 11.3 Å². The van der Waals surface area contributed by atoms with Crippen LogP contribution in [0.2, 0.25) is 0 Å². The molecule has 5 heteroatoms. The number of amides is 1. The molecule has 0 radical (unpaired) electrons. The van der Waals surface area contributed by atoms with E-state index in [1.54, 1.807) is 16.2 Å². The summed E-state index contributed by atoms with van der Waals surface area (Å²) in [4.78, 5) is 14.5. The molecule has 0 saturated carbocycles. The zero-order chi connectivity index (χ0) is 14.4. The summed E-state index contributed by atoms with van der Waals surface area (Å²) in [6.45, 7) is 2.06. The second-order valence-corrected chi connectivity index (χ2v) is 7.82. The molecule has 0 aliphatic carbocycles. The third kappa shape index (κ3) is 2.30. The average Bonchev–Trinajstić information content (AvgIpc) is 2.90. The predicted molar refractivity (Wildman–Crippen MR) is 88.0 cm³/mol. The molecule has 1 aromatic heterocycles. The van der Waals surface area contributed by atoms with Gasteiger partial charge in [-0.2, -0.15) is 0 Å². The van der Waals surface area contributed by atoms with Gasteiger partial charge in [0.2, 0.25) is 5.91 Å². The second-order valence-electron chi connectivity index (χ2n) is 4.99. The number of fused-ring (bicyclic) bond motifs is 1. The number of hydrogen-bond donors (Lipinski definition) is 0. The number of rotatable bonds is 2. The van der Waals surface area contributed by atoms with Crippen molar-refractivity contribution in [3.05, 3.63) is 49.6 Å². The van der Waals surface area contributed by atoms with Crippen LogP contribution in [0.4, 0.5) is 5.69 Å². The number of nitrogens with zero attached hydrogens (tertiary/aromatic N) is 1. The Morgan fingerprint density at radius 1 is 1.40 bits per heavy atom.